The molecule has 0 atom stereocenters. The SMILES string of the molecule is CC(C)CCc1cc(CCC(C)C)c(N)c(CCC(C)C)c1. The second-order valence-corrected chi connectivity index (χ2v) is 8.13. The molecule has 1 aromatic carbocycles. The van der Waals surface area contributed by atoms with E-state index in [1.807, 2.05) is 0 Å². The number of rotatable bonds is 9. The van der Waals surface area contributed by atoms with Crippen LogP contribution in [0.5, 0.6) is 0 Å². The molecule has 0 heterocycles. The molecule has 22 heavy (non-hydrogen) atoms. The zero-order valence-electron chi connectivity index (χ0n) is 15.7. The van der Waals surface area contributed by atoms with Crippen molar-refractivity contribution < 1.29 is 0 Å². The van der Waals surface area contributed by atoms with Gasteiger partial charge in [-0.1, -0.05) is 53.7 Å². The highest BCUT2D eigenvalue weighted by atomic mass is 14.6. The van der Waals surface area contributed by atoms with Crippen LogP contribution in [0.15, 0.2) is 12.1 Å². The van der Waals surface area contributed by atoms with Crippen LogP contribution in [0.1, 0.15) is 77.5 Å². The van der Waals surface area contributed by atoms with Crippen LogP contribution in [-0.4, -0.2) is 0 Å². The Labute approximate surface area is 138 Å². The Kier molecular flexibility index (Phi) is 8.00. The fourth-order valence-electron chi connectivity index (χ4n) is 2.75. The lowest BCUT2D eigenvalue weighted by molar-refractivity contribution is 0.577. The monoisotopic (exact) mass is 303 g/mol. The summed E-state index contributed by atoms with van der Waals surface area (Å²) in [7, 11) is 0. The normalized spacial score (nSPS) is 11.9. The highest BCUT2D eigenvalue weighted by Crippen LogP contribution is 2.26. The van der Waals surface area contributed by atoms with E-state index in [1.54, 1.807) is 0 Å². The molecule has 1 aromatic rings. The maximum absolute atomic E-state index is 6.48. The van der Waals surface area contributed by atoms with Gasteiger partial charge in [0.2, 0.25) is 0 Å². The molecule has 0 fully saturated rings. The number of hydrogen-bond donors (Lipinski definition) is 1. The van der Waals surface area contributed by atoms with Gasteiger partial charge in [-0.15, -0.1) is 0 Å². The van der Waals surface area contributed by atoms with Gasteiger partial charge in [-0.05, 0) is 73.0 Å². The molecule has 0 saturated carbocycles. The van der Waals surface area contributed by atoms with Crippen LogP contribution in [-0.2, 0) is 19.3 Å². The van der Waals surface area contributed by atoms with Crippen molar-refractivity contribution in [3.8, 4) is 0 Å². The topological polar surface area (TPSA) is 26.0 Å². The zero-order valence-corrected chi connectivity index (χ0v) is 15.7. The van der Waals surface area contributed by atoms with Crippen LogP contribution in [0.4, 0.5) is 5.69 Å². The molecule has 0 spiro atoms. The molecule has 0 aromatic heterocycles. The molecule has 0 aliphatic carbocycles. The van der Waals surface area contributed by atoms with Gasteiger partial charge >= 0.3 is 0 Å². The lowest BCUT2D eigenvalue weighted by Crippen LogP contribution is -2.05. The highest BCUT2D eigenvalue weighted by molar-refractivity contribution is 5.56. The molecule has 1 heteroatoms. The van der Waals surface area contributed by atoms with E-state index >= 15 is 0 Å². The van der Waals surface area contributed by atoms with E-state index in [0.29, 0.717) is 0 Å². The van der Waals surface area contributed by atoms with Gasteiger partial charge in [0, 0.05) is 5.69 Å². The first-order valence-corrected chi connectivity index (χ1v) is 9.19. The number of hydrogen-bond acceptors (Lipinski definition) is 1. The Hall–Kier alpha value is -0.980. The third-order valence-corrected chi connectivity index (χ3v) is 4.40. The molecule has 0 aliphatic heterocycles. The van der Waals surface area contributed by atoms with Crippen molar-refractivity contribution in [2.24, 2.45) is 17.8 Å². The number of anilines is 1. The van der Waals surface area contributed by atoms with Gasteiger partial charge in [-0.3, -0.25) is 0 Å². The fourth-order valence-corrected chi connectivity index (χ4v) is 2.75. The van der Waals surface area contributed by atoms with Gasteiger partial charge in [0.25, 0.3) is 0 Å². The maximum Gasteiger partial charge on any atom is 0.0379 e. The summed E-state index contributed by atoms with van der Waals surface area (Å²) in [4.78, 5) is 0. The van der Waals surface area contributed by atoms with Crippen molar-refractivity contribution in [3.63, 3.8) is 0 Å². The van der Waals surface area contributed by atoms with Crippen molar-refractivity contribution in [2.45, 2.75) is 80.1 Å². The van der Waals surface area contributed by atoms with Gasteiger partial charge in [0.1, 0.15) is 0 Å². The Balaban J connectivity index is 2.95. The molecule has 0 unspecified atom stereocenters. The first kappa shape index (κ1) is 19.1. The third-order valence-electron chi connectivity index (χ3n) is 4.40. The van der Waals surface area contributed by atoms with E-state index in [0.717, 1.165) is 36.3 Å². The smallest absolute Gasteiger partial charge is 0.0379 e. The van der Waals surface area contributed by atoms with Crippen molar-refractivity contribution in [2.75, 3.05) is 5.73 Å². The maximum atomic E-state index is 6.48. The summed E-state index contributed by atoms with van der Waals surface area (Å²) in [5.74, 6) is 2.23. The summed E-state index contributed by atoms with van der Waals surface area (Å²) < 4.78 is 0. The zero-order chi connectivity index (χ0) is 16.7. The summed E-state index contributed by atoms with van der Waals surface area (Å²) >= 11 is 0. The van der Waals surface area contributed by atoms with Crippen LogP contribution < -0.4 is 5.73 Å². The summed E-state index contributed by atoms with van der Waals surface area (Å²) in [5, 5.41) is 0. The average Bonchev–Trinajstić information content (AvgIpc) is 2.42. The van der Waals surface area contributed by atoms with E-state index in [9.17, 15) is 0 Å². The van der Waals surface area contributed by atoms with Crippen LogP contribution >= 0.6 is 0 Å². The van der Waals surface area contributed by atoms with E-state index in [4.69, 9.17) is 5.73 Å². The first-order valence-electron chi connectivity index (χ1n) is 9.19. The van der Waals surface area contributed by atoms with Gasteiger partial charge in [0.05, 0.1) is 0 Å². The second kappa shape index (κ2) is 9.22. The van der Waals surface area contributed by atoms with Crippen molar-refractivity contribution in [1.29, 1.82) is 0 Å². The Morgan fingerprint density at radius 2 is 1.05 bits per heavy atom. The highest BCUT2D eigenvalue weighted by Gasteiger charge is 2.10. The molecule has 0 radical (unpaired) electrons. The number of benzene rings is 1. The van der Waals surface area contributed by atoms with E-state index in [2.05, 4.69) is 53.7 Å². The number of aryl methyl sites for hydroxylation is 3. The van der Waals surface area contributed by atoms with Crippen LogP contribution in [0.2, 0.25) is 0 Å². The van der Waals surface area contributed by atoms with Gasteiger partial charge in [-0.2, -0.15) is 0 Å². The second-order valence-electron chi connectivity index (χ2n) is 8.13. The van der Waals surface area contributed by atoms with Gasteiger partial charge < -0.3 is 5.73 Å². The van der Waals surface area contributed by atoms with Crippen LogP contribution in [0.3, 0.4) is 0 Å². The van der Waals surface area contributed by atoms with Crippen molar-refractivity contribution in [3.05, 3.63) is 28.8 Å². The molecular weight excluding hydrogens is 266 g/mol. The van der Waals surface area contributed by atoms with Gasteiger partial charge in [0.15, 0.2) is 0 Å². The fraction of sp³-hybridized carbons (Fsp3) is 0.714. The predicted molar refractivity (Wildman–Crippen MR) is 100 cm³/mol. The largest absolute Gasteiger partial charge is 0.398 e. The van der Waals surface area contributed by atoms with E-state index in [-0.39, 0.29) is 0 Å². The molecule has 2 N–H and O–H groups in total. The Morgan fingerprint density at radius 1 is 0.682 bits per heavy atom. The molecule has 126 valence electrons. The summed E-state index contributed by atoms with van der Waals surface area (Å²) in [6.45, 7) is 13.8. The van der Waals surface area contributed by atoms with Gasteiger partial charge in [-0.25, -0.2) is 0 Å². The Morgan fingerprint density at radius 3 is 1.41 bits per heavy atom. The minimum Gasteiger partial charge on any atom is -0.398 e. The predicted octanol–water partition coefficient (Wildman–Crippen LogP) is 6.03. The third kappa shape index (κ3) is 6.85. The summed E-state index contributed by atoms with van der Waals surface area (Å²) in [5.41, 5.74) is 11.8. The lowest BCUT2D eigenvalue weighted by Gasteiger charge is -2.16. The quantitative estimate of drug-likeness (QED) is 0.553. The molecule has 0 bridgehead atoms. The Bertz CT molecular complexity index is 410. The van der Waals surface area contributed by atoms with Crippen molar-refractivity contribution in [1.82, 2.24) is 0 Å². The minimum atomic E-state index is 0.734. The molecule has 1 rings (SSSR count). The van der Waals surface area contributed by atoms with E-state index < -0.39 is 0 Å². The minimum absolute atomic E-state index is 0.734. The van der Waals surface area contributed by atoms with Crippen LogP contribution in [0, 0.1) is 17.8 Å². The molecule has 0 aliphatic rings. The molecular formula is C21H37N. The first-order chi connectivity index (χ1) is 10.3. The number of nitrogen functional groups attached to an aromatic ring is 1. The standard InChI is InChI=1S/C21H37N/c1-15(2)7-10-18-13-19(11-8-16(3)4)21(22)20(14-18)12-9-17(5)6/h13-17H,7-12,22H2,1-6H3. The summed E-state index contributed by atoms with van der Waals surface area (Å²) in [6, 6.07) is 4.75. The van der Waals surface area contributed by atoms with Crippen molar-refractivity contribution >= 4 is 5.69 Å². The van der Waals surface area contributed by atoms with E-state index in [1.165, 1.54) is 42.4 Å². The molecule has 0 saturated heterocycles. The number of nitrogens with two attached hydrogens (primary N) is 1. The molecule has 0 amide bonds. The average molecular weight is 304 g/mol. The molecule has 1 nitrogen and oxygen atoms in total. The van der Waals surface area contributed by atoms with Crippen LogP contribution in [0.25, 0.3) is 0 Å². The lowest BCUT2D eigenvalue weighted by atomic mass is 9.91. The summed E-state index contributed by atoms with van der Waals surface area (Å²) in [6.07, 6.45) is 7.13.